The first-order valence-electron chi connectivity index (χ1n) is 21.5. The zero-order chi connectivity index (χ0) is 44.9. The van der Waals surface area contributed by atoms with Crippen molar-refractivity contribution in [2.75, 3.05) is 93.2 Å². The first-order valence-corrected chi connectivity index (χ1v) is 24.5. The Labute approximate surface area is 375 Å². The Balaban J connectivity index is 0.742. The largest absolute Gasteiger partial charge is 0.494 e. The van der Waals surface area contributed by atoms with E-state index in [4.69, 9.17) is 16.3 Å². The van der Waals surface area contributed by atoms with Gasteiger partial charge >= 0.3 is 0 Å². The highest BCUT2D eigenvalue weighted by Gasteiger charge is 2.45. The maximum Gasteiger partial charge on any atom is 0.262 e. The molecule has 0 spiro atoms. The number of methoxy groups -OCH3 is 1. The minimum Gasteiger partial charge on any atom is -0.494 e. The van der Waals surface area contributed by atoms with E-state index in [9.17, 15) is 28.5 Å². The lowest BCUT2D eigenvalue weighted by Gasteiger charge is -2.46. The van der Waals surface area contributed by atoms with E-state index in [0.29, 0.717) is 71.4 Å². The minimum absolute atomic E-state index is 0.0629. The number of nitrogens with one attached hydrogen (secondary N) is 3. The van der Waals surface area contributed by atoms with Crippen molar-refractivity contribution in [3.05, 3.63) is 83.0 Å². The van der Waals surface area contributed by atoms with Crippen molar-refractivity contribution in [2.24, 2.45) is 5.92 Å². The highest BCUT2D eigenvalue weighted by atomic mass is 35.5. The van der Waals surface area contributed by atoms with E-state index >= 15 is 0 Å². The molecule has 0 bridgehead atoms. The van der Waals surface area contributed by atoms with Crippen molar-refractivity contribution in [2.45, 2.75) is 37.8 Å². The van der Waals surface area contributed by atoms with Crippen molar-refractivity contribution in [3.8, 4) is 5.75 Å². The molecule has 64 heavy (non-hydrogen) atoms. The molecule has 1 atom stereocenters. The molecule has 0 aliphatic carbocycles. The number of anilines is 6. The molecule has 4 aromatic rings. The number of fused-ring (bicyclic) bond motifs is 1. The number of amides is 5. The van der Waals surface area contributed by atoms with Crippen LogP contribution < -0.4 is 35.8 Å². The van der Waals surface area contributed by atoms with Crippen molar-refractivity contribution in [1.82, 2.24) is 30.0 Å². The number of rotatable bonds is 11. The van der Waals surface area contributed by atoms with Gasteiger partial charge in [-0.1, -0.05) is 23.7 Å². The monoisotopic (exact) mass is 908 g/mol. The molecule has 19 heteroatoms. The molecular weight excluding hydrogens is 859 g/mol. The Bertz CT molecular complexity index is 2590. The molecule has 5 aliphatic heterocycles. The number of benzene rings is 3. The van der Waals surface area contributed by atoms with E-state index in [-0.39, 0.29) is 35.8 Å². The average Bonchev–Trinajstić information content (AvgIpc) is 3.52. The van der Waals surface area contributed by atoms with E-state index in [1.807, 2.05) is 46.2 Å². The molecule has 5 aliphatic rings. The summed E-state index contributed by atoms with van der Waals surface area (Å²) in [5, 5.41) is 9.75. The first-order chi connectivity index (χ1) is 30.7. The third-order valence-electron chi connectivity index (χ3n) is 12.9. The van der Waals surface area contributed by atoms with Crippen LogP contribution in [0.5, 0.6) is 5.75 Å². The third-order valence-corrected chi connectivity index (χ3v) is 14.7. The topological polar surface area (TPSA) is 190 Å². The van der Waals surface area contributed by atoms with Gasteiger partial charge in [0.05, 0.1) is 41.7 Å². The molecule has 6 heterocycles. The zero-order valence-electron chi connectivity index (χ0n) is 35.9. The van der Waals surface area contributed by atoms with E-state index in [1.165, 1.54) is 6.20 Å². The summed E-state index contributed by atoms with van der Waals surface area (Å²) in [6.45, 7) is 9.24. The summed E-state index contributed by atoms with van der Waals surface area (Å²) < 4.78 is 18.7. The molecule has 334 valence electrons. The van der Waals surface area contributed by atoms with Crippen LogP contribution in [-0.2, 0) is 18.9 Å². The summed E-state index contributed by atoms with van der Waals surface area (Å²) in [5.74, 6) is -0.806. The Kier molecular flexibility index (Phi) is 11.8. The number of imide groups is 2. The predicted octanol–water partition coefficient (Wildman–Crippen LogP) is 4.52. The van der Waals surface area contributed by atoms with Crippen molar-refractivity contribution in [1.29, 1.82) is 0 Å². The Morgan fingerprint density at radius 3 is 2.25 bits per heavy atom. The fourth-order valence-electron chi connectivity index (χ4n) is 9.35. The molecule has 17 nitrogen and oxygen atoms in total. The number of ether oxygens (including phenoxy) is 1. The number of nitrogens with zero attached hydrogens (tertiary/aromatic N) is 7. The minimum atomic E-state index is -2.57. The second kappa shape index (κ2) is 17.5. The Morgan fingerprint density at radius 2 is 1.53 bits per heavy atom. The smallest absolute Gasteiger partial charge is 0.262 e. The van der Waals surface area contributed by atoms with Gasteiger partial charge in [0.25, 0.3) is 11.8 Å². The average molecular weight is 909 g/mol. The number of hydrogen-bond acceptors (Lipinski definition) is 14. The van der Waals surface area contributed by atoms with Gasteiger partial charge in [0, 0.05) is 87.6 Å². The standard InChI is InChI=1S/C45H50ClN10O7P/c1-63-37-23-30(9-11-34(37)49-45-47-24-33(46)40(51-45)48-35-6-4-5-7-38(35)64(2,3)62)52-16-14-28(15-17-52)53-18-20-54(21-19-53)42(59)27-25-55(26-27)29-8-10-31-32(22-29)44(61)56(43(31)60)36-12-13-39(57)50-41(36)58/h4-11,22-24,27-28,36H,12-21,25-26H2,1-3H3,(H,50,57,58)(H2,47,48,49,51). The van der Waals surface area contributed by atoms with Crippen LogP contribution in [0.3, 0.4) is 0 Å². The molecule has 1 unspecified atom stereocenters. The maximum absolute atomic E-state index is 13.6. The van der Waals surface area contributed by atoms with E-state index in [0.717, 1.165) is 55.3 Å². The van der Waals surface area contributed by atoms with Crippen LogP contribution in [-0.4, -0.2) is 139 Å². The predicted molar refractivity (Wildman–Crippen MR) is 244 cm³/mol. The van der Waals surface area contributed by atoms with Gasteiger partial charge in [-0.25, -0.2) is 4.98 Å². The van der Waals surface area contributed by atoms with Crippen LogP contribution in [0.2, 0.25) is 5.02 Å². The summed E-state index contributed by atoms with van der Waals surface area (Å²) in [5.41, 5.74) is 3.63. The summed E-state index contributed by atoms with van der Waals surface area (Å²) in [6.07, 6.45) is 3.67. The number of carbonyl (C=O) groups is 5. The number of piperazine rings is 1. The molecule has 9 rings (SSSR count). The van der Waals surface area contributed by atoms with Crippen molar-refractivity contribution in [3.63, 3.8) is 0 Å². The number of halogens is 1. The fourth-order valence-corrected chi connectivity index (χ4v) is 10.6. The second-order valence-corrected chi connectivity index (χ2v) is 20.8. The number of piperidine rings is 2. The molecule has 5 amide bonds. The Morgan fingerprint density at radius 1 is 0.828 bits per heavy atom. The highest BCUT2D eigenvalue weighted by molar-refractivity contribution is 7.70. The number of para-hydroxylation sites is 1. The second-order valence-electron chi connectivity index (χ2n) is 17.3. The normalized spacial score (nSPS) is 20.0. The van der Waals surface area contributed by atoms with Crippen LogP contribution in [0, 0.1) is 5.92 Å². The van der Waals surface area contributed by atoms with E-state index < -0.39 is 36.8 Å². The molecule has 4 saturated heterocycles. The van der Waals surface area contributed by atoms with Gasteiger partial charge in [0.2, 0.25) is 23.7 Å². The maximum atomic E-state index is 13.6. The summed E-state index contributed by atoms with van der Waals surface area (Å²) >= 11 is 6.48. The van der Waals surface area contributed by atoms with Gasteiger partial charge in [-0.2, -0.15) is 4.98 Å². The lowest BCUT2D eigenvalue weighted by Crippen LogP contribution is -2.59. The Hall–Kier alpha value is -6.03. The van der Waals surface area contributed by atoms with Crippen molar-refractivity contribution >= 4 is 88.1 Å². The number of hydrogen-bond donors (Lipinski definition) is 3. The SMILES string of the molecule is COc1cc(N2CCC(N3CCN(C(=O)C4CN(c5ccc6c(c5)C(=O)N(C5CCC(=O)NC5=O)C6=O)C4)CC3)CC2)ccc1Nc1ncc(Cl)c(Nc2ccccc2P(C)(C)=O)n1. The number of carbonyl (C=O) groups excluding carboxylic acids is 5. The highest BCUT2D eigenvalue weighted by Crippen LogP contribution is 2.40. The molecule has 4 fully saturated rings. The molecular formula is C45H50ClN10O7P. The molecule has 0 saturated carbocycles. The molecule has 3 N–H and O–H groups in total. The molecule has 0 radical (unpaired) electrons. The third kappa shape index (κ3) is 8.51. The fraction of sp³-hybridized carbons (Fsp3) is 0.400. The first kappa shape index (κ1) is 43.2. The van der Waals surface area contributed by atoms with Crippen molar-refractivity contribution < 1.29 is 33.3 Å². The van der Waals surface area contributed by atoms with Crippen LogP contribution in [0.25, 0.3) is 0 Å². The summed E-state index contributed by atoms with van der Waals surface area (Å²) in [4.78, 5) is 82.9. The van der Waals surface area contributed by atoms with Gasteiger partial charge in [0.1, 0.15) is 24.0 Å². The molecule has 3 aromatic carbocycles. The van der Waals surface area contributed by atoms with Gasteiger partial charge < -0.3 is 34.6 Å². The van der Waals surface area contributed by atoms with Gasteiger partial charge in [-0.15, -0.1) is 0 Å². The summed E-state index contributed by atoms with van der Waals surface area (Å²) in [7, 11) is -0.936. The summed E-state index contributed by atoms with van der Waals surface area (Å²) in [6, 6.07) is 17.9. The van der Waals surface area contributed by atoms with Gasteiger partial charge in [-0.3, -0.25) is 39.1 Å². The lowest BCUT2D eigenvalue weighted by molar-refractivity contribution is -0.138. The molecule has 1 aromatic heterocycles. The van der Waals surface area contributed by atoms with Crippen LogP contribution in [0.1, 0.15) is 46.4 Å². The van der Waals surface area contributed by atoms with E-state index in [2.05, 4.69) is 41.8 Å². The quantitative estimate of drug-likeness (QED) is 0.141. The van der Waals surface area contributed by atoms with Crippen LogP contribution in [0.4, 0.5) is 34.5 Å². The van der Waals surface area contributed by atoms with Crippen LogP contribution in [0.15, 0.2) is 66.9 Å². The van der Waals surface area contributed by atoms with Gasteiger partial charge in [0.15, 0.2) is 5.82 Å². The lowest BCUT2D eigenvalue weighted by atomic mass is 9.96. The van der Waals surface area contributed by atoms with Crippen LogP contribution >= 0.6 is 18.7 Å². The zero-order valence-corrected chi connectivity index (χ0v) is 37.5. The number of aromatic nitrogens is 2. The van der Waals surface area contributed by atoms with E-state index in [1.54, 1.807) is 38.6 Å². The van der Waals surface area contributed by atoms with Gasteiger partial charge in [-0.05, 0) is 75.1 Å².